The van der Waals surface area contributed by atoms with Crippen molar-refractivity contribution in [2.24, 2.45) is 7.05 Å². The lowest BCUT2D eigenvalue weighted by Crippen LogP contribution is -2.05. The van der Waals surface area contributed by atoms with E-state index < -0.39 is 0 Å². The number of thiophene rings is 1. The van der Waals surface area contributed by atoms with Gasteiger partial charge in [0.05, 0.1) is 4.88 Å². The molecule has 15 heavy (non-hydrogen) atoms. The molecule has 0 saturated heterocycles. The van der Waals surface area contributed by atoms with Crippen LogP contribution in [-0.2, 0) is 19.2 Å². The molecule has 3 heterocycles. The van der Waals surface area contributed by atoms with Gasteiger partial charge < -0.3 is 0 Å². The summed E-state index contributed by atoms with van der Waals surface area (Å²) in [5, 5.41) is 6.77. The van der Waals surface area contributed by atoms with E-state index in [4.69, 9.17) is 0 Å². The van der Waals surface area contributed by atoms with E-state index in [0.717, 1.165) is 12.2 Å². The van der Waals surface area contributed by atoms with Gasteiger partial charge in [0.2, 0.25) is 0 Å². The van der Waals surface area contributed by atoms with Crippen molar-refractivity contribution < 1.29 is 0 Å². The Morgan fingerprint density at radius 2 is 2.40 bits per heavy atom. The van der Waals surface area contributed by atoms with Gasteiger partial charge in [0.15, 0.2) is 0 Å². The fourth-order valence-electron chi connectivity index (χ4n) is 2.02. The van der Waals surface area contributed by atoms with Crippen molar-refractivity contribution in [1.29, 1.82) is 0 Å². The van der Waals surface area contributed by atoms with Gasteiger partial charge in [-0.15, -0.1) is 11.3 Å². The zero-order valence-electron chi connectivity index (χ0n) is 8.56. The maximum absolute atomic E-state index is 4.65. The van der Waals surface area contributed by atoms with Crippen LogP contribution in [0.2, 0.25) is 0 Å². The van der Waals surface area contributed by atoms with E-state index >= 15 is 0 Å². The third-order valence-corrected chi connectivity index (χ3v) is 4.62. The molecule has 2 aromatic heterocycles. The van der Waals surface area contributed by atoms with Gasteiger partial charge in [-0.25, -0.2) is 0 Å². The third-order valence-electron chi connectivity index (χ3n) is 2.76. The van der Waals surface area contributed by atoms with Gasteiger partial charge in [0.25, 0.3) is 0 Å². The van der Waals surface area contributed by atoms with Crippen LogP contribution in [-0.4, -0.2) is 15.5 Å². The summed E-state index contributed by atoms with van der Waals surface area (Å²) >= 11 is 3.79. The Morgan fingerprint density at radius 1 is 1.47 bits per heavy atom. The monoisotopic (exact) mass is 236 g/mol. The fourth-order valence-corrected chi connectivity index (χ4v) is 3.75. The van der Waals surface area contributed by atoms with Crippen LogP contribution in [0, 0.1) is 0 Å². The molecule has 0 atom stereocenters. The van der Waals surface area contributed by atoms with Crippen molar-refractivity contribution >= 4 is 23.1 Å². The highest BCUT2D eigenvalue weighted by Gasteiger charge is 2.20. The highest BCUT2D eigenvalue weighted by atomic mass is 32.2. The number of aryl methyl sites for hydroxylation is 1. The maximum atomic E-state index is 4.65. The molecule has 1 aliphatic rings. The molecule has 0 radical (unpaired) electrons. The molecule has 0 N–H and O–H groups in total. The first kappa shape index (κ1) is 9.48. The summed E-state index contributed by atoms with van der Waals surface area (Å²) in [6.45, 7) is 0. The lowest BCUT2D eigenvalue weighted by Gasteiger charge is -2.11. The van der Waals surface area contributed by atoms with Crippen molar-refractivity contribution in [2.45, 2.75) is 12.2 Å². The van der Waals surface area contributed by atoms with E-state index in [2.05, 4.69) is 34.3 Å². The Hall–Kier alpha value is -0.740. The molecular formula is C11H12N2S2. The predicted molar refractivity (Wildman–Crippen MR) is 66.4 cm³/mol. The van der Waals surface area contributed by atoms with Crippen molar-refractivity contribution in [3.63, 3.8) is 0 Å². The largest absolute Gasteiger partial charge is 0.272 e. The van der Waals surface area contributed by atoms with E-state index in [-0.39, 0.29) is 0 Å². The van der Waals surface area contributed by atoms with E-state index in [9.17, 15) is 0 Å². The SMILES string of the molecule is Cn1nc(-c2cccs2)c2c1CCSC2. The van der Waals surface area contributed by atoms with Crippen LogP contribution in [0.4, 0.5) is 0 Å². The Labute approximate surface area is 97.3 Å². The molecule has 0 aliphatic carbocycles. The molecule has 0 unspecified atom stereocenters. The smallest absolute Gasteiger partial charge is 0.107 e. The van der Waals surface area contributed by atoms with E-state index in [0.29, 0.717) is 0 Å². The van der Waals surface area contributed by atoms with Crippen LogP contribution >= 0.6 is 23.1 Å². The van der Waals surface area contributed by atoms with Crippen LogP contribution in [0.3, 0.4) is 0 Å². The van der Waals surface area contributed by atoms with Gasteiger partial charge in [-0.1, -0.05) is 6.07 Å². The average molecular weight is 236 g/mol. The minimum Gasteiger partial charge on any atom is -0.272 e. The molecular weight excluding hydrogens is 224 g/mol. The minimum absolute atomic E-state index is 1.12. The summed E-state index contributed by atoms with van der Waals surface area (Å²) < 4.78 is 2.06. The molecule has 2 nitrogen and oxygen atoms in total. The van der Waals surface area contributed by atoms with Crippen LogP contribution < -0.4 is 0 Å². The first-order valence-electron chi connectivity index (χ1n) is 5.02. The number of hydrogen-bond acceptors (Lipinski definition) is 3. The van der Waals surface area contributed by atoms with Gasteiger partial charge in [-0.2, -0.15) is 16.9 Å². The van der Waals surface area contributed by atoms with Gasteiger partial charge in [-0.3, -0.25) is 4.68 Å². The quantitative estimate of drug-likeness (QED) is 0.757. The number of hydrogen-bond donors (Lipinski definition) is 0. The summed E-state index contributed by atoms with van der Waals surface area (Å²) in [7, 11) is 2.06. The number of rotatable bonds is 1. The highest BCUT2D eigenvalue weighted by Crippen LogP contribution is 2.34. The Balaban J connectivity index is 2.16. The van der Waals surface area contributed by atoms with Gasteiger partial charge in [0, 0.05) is 24.1 Å². The molecule has 1 aliphatic heterocycles. The molecule has 0 saturated carbocycles. The number of aromatic nitrogens is 2. The highest BCUT2D eigenvalue weighted by molar-refractivity contribution is 7.98. The first-order valence-corrected chi connectivity index (χ1v) is 7.06. The fraction of sp³-hybridized carbons (Fsp3) is 0.364. The molecule has 2 aromatic rings. The zero-order chi connectivity index (χ0) is 10.3. The van der Waals surface area contributed by atoms with Crippen LogP contribution in [0.1, 0.15) is 11.3 Å². The normalized spacial score (nSPS) is 15.3. The summed E-state index contributed by atoms with van der Waals surface area (Å²) in [4.78, 5) is 1.30. The van der Waals surface area contributed by atoms with E-state index in [1.54, 1.807) is 11.3 Å². The third kappa shape index (κ3) is 1.52. The molecule has 3 rings (SSSR count). The Kier molecular flexibility index (Phi) is 2.33. The summed E-state index contributed by atoms with van der Waals surface area (Å²) in [5.74, 6) is 2.35. The molecule has 0 spiro atoms. The van der Waals surface area contributed by atoms with Crippen molar-refractivity contribution in [3.05, 3.63) is 28.8 Å². The number of nitrogens with zero attached hydrogens (tertiary/aromatic N) is 2. The van der Waals surface area contributed by atoms with Crippen LogP contribution in [0.25, 0.3) is 10.6 Å². The lowest BCUT2D eigenvalue weighted by molar-refractivity contribution is 0.718. The number of fused-ring (bicyclic) bond motifs is 1. The first-order chi connectivity index (χ1) is 7.36. The van der Waals surface area contributed by atoms with Crippen molar-refractivity contribution in [3.8, 4) is 10.6 Å². The molecule has 0 fully saturated rings. The van der Waals surface area contributed by atoms with Crippen molar-refractivity contribution in [2.75, 3.05) is 5.75 Å². The van der Waals surface area contributed by atoms with Crippen molar-refractivity contribution in [1.82, 2.24) is 9.78 Å². The average Bonchev–Trinajstić information content (AvgIpc) is 2.87. The Bertz CT molecular complexity index is 471. The second-order valence-electron chi connectivity index (χ2n) is 3.68. The van der Waals surface area contributed by atoms with E-state index in [1.165, 1.54) is 27.6 Å². The lowest BCUT2D eigenvalue weighted by atomic mass is 10.1. The van der Waals surface area contributed by atoms with Gasteiger partial charge in [-0.05, 0) is 23.6 Å². The van der Waals surface area contributed by atoms with Crippen LogP contribution in [0.15, 0.2) is 17.5 Å². The second-order valence-corrected chi connectivity index (χ2v) is 5.73. The topological polar surface area (TPSA) is 17.8 Å². The Morgan fingerprint density at radius 3 is 3.20 bits per heavy atom. The zero-order valence-corrected chi connectivity index (χ0v) is 10.2. The van der Waals surface area contributed by atoms with Crippen LogP contribution in [0.5, 0.6) is 0 Å². The second kappa shape index (κ2) is 3.68. The summed E-state index contributed by atoms with van der Waals surface area (Å²) in [6, 6.07) is 4.25. The number of thioether (sulfide) groups is 1. The minimum atomic E-state index is 1.12. The van der Waals surface area contributed by atoms with Gasteiger partial charge >= 0.3 is 0 Å². The van der Waals surface area contributed by atoms with E-state index in [1.807, 2.05) is 11.8 Å². The maximum Gasteiger partial charge on any atom is 0.107 e. The molecule has 0 amide bonds. The molecule has 4 heteroatoms. The van der Waals surface area contributed by atoms with Gasteiger partial charge in [0.1, 0.15) is 5.69 Å². The summed E-state index contributed by atoms with van der Waals surface area (Å²) in [5.41, 5.74) is 4.09. The predicted octanol–water partition coefficient (Wildman–Crippen LogP) is 2.94. The molecule has 0 aromatic carbocycles. The molecule has 78 valence electrons. The molecule has 0 bridgehead atoms. The standard InChI is InChI=1S/C11H12N2S2/c1-13-9-4-6-14-7-8(9)11(12-13)10-3-2-5-15-10/h2-3,5H,4,6-7H2,1H3. The summed E-state index contributed by atoms with van der Waals surface area (Å²) in [6.07, 6.45) is 1.16.